The predicted octanol–water partition coefficient (Wildman–Crippen LogP) is 7.33. The molecule has 3 aromatic carbocycles. The highest BCUT2D eigenvalue weighted by atomic mass is 35.5. The summed E-state index contributed by atoms with van der Waals surface area (Å²) in [6, 6.07) is 19.5. The molecule has 0 spiro atoms. The molecule has 0 heterocycles. The Morgan fingerprint density at radius 1 is 0.933 bits per heavy atom. The first-order valence-corrected chi connectivity index (χ1v) is 10.1. The first-order chi connectivity index (χ1) is 14.6. The third-order valence-corrected chi connectivity index (χ3v) is 4.79. The molecule has 0 saturated carbocycles. The van der Waals surface area contributed by atoms with Gasteiger partial charge in [0.15, 0.2) is 0 Å². The number of hydrogen-bond donors (Lipinski definition) is 0. The van der Waals surface area contributed by atoms with Crippen molar-refractivity contribution >= 4 is 28.9 Å². The number of halogens is 1. The van der Waals surface area contributed by atoms with Crippen LogP contribution < -0.4 is 9.47 Å². The Balaban J connectivity index is 1.64. The molecule has 0 fully saturated rings. The summed E-state index contributed by atoms with van der Waals surface area (Å²) in [5.41, 5.74) is 2.95. The Morgan fingerprint density at radius 2 is 1.63 bits per heavy atom. The van der Waals surface area contributed by atoms with Crippen LogP contribution >= 0.6 is 11.6 Å². The fourth-order valence-electron chi connectivity index (χ4n) is 2.75. The van der Waals surface area contributed by atoms with Gasteiger partial charge in [0, 0.05) is 6.07 Å². The molecule has 0 amide bonds. The maximum absolute atomic E-state index is 12.3. The van der Waals surface area contributed by atoms with Crippen LogP contribution in [0, 0.1) is 0 Å². The van der Waals surface area contributed by atoms with Crippen molar-refractivity contribution < 1.29 is 14.3 Å². The molecule has 0 aliphatic rings. The Kier molecular flexibility index (Phi) is 7.57. The monoisotopic (exact) mass is 422 g/mol. The molecule has 0 unspecified atom stereocenters. The molecule has 3 rings (SSSR count). The minimum absolute atomic E-state index is 0.333. The highest BCUT2D eigenvalue weighted by molar-refractivity contribution is 6.33. The molecule has 0 aromatic heterocycles. The Labute approximate surface area is 181 Å². The van der Waals surface area contributed by atoms with E-state index in [4.69, 9.17) is 21.1 Å². The first-order valence-electron chi connectivity index (χ1n) is 9.75. The number of hydrogen-bond acceptors (Lipinski definition) is 5. The third-order valence-electron chi connectivity index (χ3n) is 4.48. The summed E-state index contributed by atoms with van der Waals surface area (Å²) in [6.07, 6.45) is 3.41. The number of methoxy groups -OCH3 is 1. The Hall–Kier alpha value is -3.18. The number of nitrogens with zero attached hydrogens (tertiary/aromatic N) is 2. The van der Waals surface area contributed by atoms with Gasteiger partial charge in [-0.2, -0.15) is 5.11 Å². The van der Waals surface area contributed by atoms with E-state index in [2.05, 4.69) is 29.3 Å². The van der Waals surface area contributed by atoms with E-state index in [9.17, 15) is 4.79 Å². The quantitative estimate of drug-likeness (QED) is 0.217. The summed E-state index contributed by atoms with van der Waals surface area (Å²) in [4.78, 5) is 12.3. The van der Waals surface area contributed by atoms with Crippen molar-refractivity contribution in [3.63, 3.8) is 0 Å². The van der Waals surface area contributed by atoms with E-state index in [-0.39, 0.29) is 0 Å². The lowest BCUT2D eigenvalue weighted by Crippen LogP contribution is -2.08. The van der Waals surface area contributed by atoms with E-state index >= 15 is 0 Å². The van der Waals surface area contributed by atoms with Gasteiger partial charge in [-0.25, -0.2) is 4.79 Å². The summed E-state index contributed by atoms with van der Waals surface area (Å²) in [7, 11) is 1.57. The van der Waals surface area contributed by atoms with Crippen LogP contribution in [0.25, 0.3) is 0 Å². The molecule has 0 radical (unpaired) electrons. The van der Waals surface area contributed by atoms with E-state index in [0.717, 1.165) is 12.1 Å². The number of ether oxygens (including phenoxy) is 2. The van der Waals surface area contributed by atoms with E-state index in [1.54, 1.807) is 49.6 Å². The van der Waals surface area contributed by atoms with Crippen molar-refractivity contribution in [2.24, 2.45) is 10.2 Å². The van der Waals surface area contributed by atoms with Gasteiger partial charge < -0.3 is 9.47 Å². The Bertz CT molecular complexity index is 1020. The molecule has 3 aromatic rings. The summed E-state index contributed by atoms with van der Waals surface area (Å²) >= 11 is 6.29. The van der Waals surface area contributed by atoms with Gasteiger partial charge in [0.1, 0.15) is 17.2 Å². The fraction of sp³-hybridized carbons (Fsp3) is 0.208. The molecule has 6 heteroatoms. The van der Waals surface area contributed by atoms with Gasteiger partial charge in [0.25, 0.3) is 0 Å². The SMILES string of the molecule is CCCCc1ccc(N=Nc2ccc(OC(=O)c3ccc(OC)cc3)cc2Cl)cc1. The molecule has 0 saturated heterocycles. The second-order valence-electron chi connectivity index (χ2n) is 6.70. The van der Waals surface area contributed by atoms with Crippen molar-refractivity contribution in [3.8, 4) is 11.5 Å². The number of unbranched alkanes of at least 4 members (excludes halogenated alkanes) is 1. The molecule has 154 valence electrons. The first kappa shape index (κ1) is 21.5. The Morgan fingerprint density at radius 3 is 2.27 bits per heavy atom. The van der Waals surface area contributed by atoms with Gasteiger partial charge in [-0.15, -0.1) is 5.11 Å². The fourth-order valence-corrected chi connectivity index (χ4v) is 2.96. The molecular formula is C24H23ClN2O3. The minimum atomic E-state index is -0.480. The standard InChI is InChI=1S/C24H23ClN2O3/c1-3-4-5-17-6-10-19(11-7-17)26-27-23-15-14-21(16-22(23)25)30-24(28)18-8-12-20(29-2)13-9-18/h6-16H,3-5H2,1-2H3. The van der Waals surface area contributed by atoms with Crippen LogP contribution in [0.2, 0.25) is 5.02 Å². The maximum atomic E-state index is 12.3. The highest BCUT2D eigenvalue weighted by Gasteiger charge is 2.10. The van der Waals surface area contributed by atoms with Crippen molar-refractivity contribution in [1.82, 2.24) is 0 Å². The molecule has 5 nitrogen and oxygen atoms in total. The van der Waals surface area contributed by atoms with E-state index in [0.29, 0.717) is 27.8 Å². The third kappa shape index (κ3) is 5.91. The van der Waals surface area contributed by atoms with Crippen molar-refractivity contribution in [1.29, 1.82) is 0 Å². The summed E-state index contributed by atoms with van der Waals surface area (Å²) in [5.74, 6) is 0.520. The van der Waals surface area contributed by atoms with Crippen LogP contribution in [0.15, 0.2) is 77.0 Å². The van der Waals surface area contributed by atoms with E-state index in [1.165, 1.54) is 18.4 Å². The lowest BCUT2D eigenvalue weighted by Gasteiger charge is -2.06. The predicted molar refractivity (Wildman–Crippen MR) is 119 cm³/mol. The lowest BCUT2D eigenvalue weighted by atomic mass is 10.1. The van der Waals surface area contributed by atoms with Crippen LogP contribution in [-0.2, 0) is 6.42 Å². The molecule has 0 aliphatic carbocycles. The van der Waals surface area contributed by atoms with E-state index < -0.39 is 5.97 Å². The molecule has 0 N–H and O–H groups in total. The average Bonchev–Trinajstić information content (AvgIpc) is 2.78. The molecule has 0 bridgehead atoms. The smallest absolute Gasteiger partial charge is 0.343 e. The second-order valence-corrected chi connectivity index (χ2v) is 7.11. The lowest BCUT2D eigenvalue weighted by molar-refractivity contribution is 0.0735. The largest absolute Gasteiger partial charge is 0.497 e. The average molecular weight is 423 g/mol. The highest BCUT2D eigenvalue weighted by Crippen LogP contribution is 2.31. The number of azo groups is 1. The number of aryl methyl sites for hydroxylation is 1. The zero-order valence-electron chi connectivity index (χ0n) is 17.0. The summed E-state index contributed by atoms with van der Waals surface area (Å²) in [6.45, 7) is 2.18. The number of rotatable bonds is 8. The van der Waals surface area contributed by atoms with Crippen LogP contribution in [0.5, 0.6) is 11.5 Å². The van der Waals surface area contributed by atoms with Crippen LogP contribution in [0.4, 0.5) is 11.4 Å². The van der Waals surface area contributed by atoms with Gasteiger partial charge in [0.2, 0.25) is 0 Å². The number of esters is 1. The normalized spacial score (nSPS) is 10.9. The number of carbonyl (C=O) groups excluding carboxylic acids is 1. The van der Waals surface area contributed by atoms with Crippen molar-refractivity contribution in [3.05, 3.63) is 82.9 Å². The molecule has 30 heavy (non-hydrogen) atoms. The molecule has 0 aliphatic heterocycles. The topological polar surface area (TPSA) is 60.2 Å². The van der Waals surface area contributed by atoms with Gasteiger partial charge in [-0.1, -0.05) is 37.1 Å². The summed E-state index contributed by atoms with van der Waals surface area (Å²) < 4.78 is 10.5. The van der Waals surface area contributed by atoms with Crippen LogP contribution in [0.3, 0.4) is 0 Å². The summed E-state index contributed by atoms with van der Waals surface area (Å²) in [5, 5.41) is 8.78. The van der Waals surface area contributed by atoms with Crippen molar-refractivity contribution in [2.75, 3.05) is 7.11 Å². The zero-order chi connectivity index (χ0) is 21.3. The van der Waals surface area contributed by atoms with Gasteiger partial charge in [0.05, 0.1) is 23.4 Å². The van der Waals surface area contributed by atoms with Gasteiger partial charge >= 0.3 is 5.97 Å². The molecular weight excluding hydrogens is 400 g/mol. The van der Waals surface area contributed by atoms with Crippen molar-refractivity contribution in [2.45, 2.75) is 26.2 Å². The van der Waals surface area contributed by atoms with Gasteiger partial charge in [-0.05, 0) is 66.9 Å². The number of benzene rings is 3. The second kappa shape index (κ2) is 10.6. The van der Waals surface area contributed by atoms with Gasteiger partial charge in [-0.3, -0.25) is 0 Å². The number of carbonyl (C=O) groups is 1. The van der Waals surface area contributed by atoms with Crippen LogP contribution in [0.1, 0.15) is 35.7 Å². The van der Waals surface area contributed by atoms with E-state index in [1.807, 2.05) is 12.1 Å². The molecule has 0 atom stereocenters. The zero-order valence-corrected chi connectivity index (χ0v) is 17.7. The maximum Gasteiger partial charge on any atom is 0.343 e. The minimum Gasteiger partial charge on any atom is -0.497 e. The van der Waals surface area contributed by atoms with Crippen LogP contribution in [-0.4, -0.2) is 13.1 Å².